The molecule has 1 aromatic rings. The number of unbranched alkanes of at least 4 members (excludes halogenated alkanes) is 1. The highest BCUT2D eigenvalue weighted by molar-refractivity contribution is 5.81. The van der Waals surface area contributed by atoms with E-state index in [1.54, 1.807) is 6.07 Å². The lowest BCUT2D eigenvalue weighted by molar-refractivity contribution is -0.122. The van der Waals surface area contributed by atoms with Crippen molar-refractivity contribution in [1.82, 2.24) is 5.32 Å². The average Bonchev–Trinajstić information content (AvgIpc) is 2.42. The average molecular weight is 295 g/mol. The number of nitrogens with two attached hydrogens (primary N) is 2. The van der Waals surface area contributed by atoms with Gasteiger partial charge in [-0.2, -0.15) is 0 Å². The number of phenolic OH excluding ortho intramolecular Hbond substituents is 2. The van der Waals surface area contributed by atoms with Gasteiger partial charge in [-0.1, -0.05) is 6.07 Å². The van der Waals surface area contributed by atoms with Crippen molar-refractivity contribution in [3.63, 3.8) is 0 Å². The van der Waals surface area contributed by atoms with E-state index in [2.05, 4.69) is 5.32 Å². The minimum absolute atomic E-state index is 0.216. The number of hydrogen-bond acceptors (Lipinski definition) is 5. The highest BCUT2D eigenvalue weighted by atomic mass is 16.3. The second kappa shape index (κ2) is 8.11. The Hall–Kier alpha value is -2.28. The first-order valence-corrected chi connectivity index (χ1v) is 6.72. The number of benzene rings is 1. The van der Waals surface area contributed by atoms with Crippen LogP contribution in [0.5, 0.6) is 11.5 Å². The Balaban J connectivity index is 2.33. The molecule has 0 fully saturated rings. The first-order valence-electron chi connectivity index (χ1n) is 6.72. The Kier molecular flexibility index (Phi) is 6.48. The zero-order chi connectivity index (χ0) is 15.8. The molecule has 7 N–H and O–H groups in total. The second-order valence-electron chi connectivity index (χ2n) is 4.85. The molecule has 0 saturated heterocycles. The summed E-state index contributed by atoms with van der Waals surface area (Å²) in [6, 6.07) is 3.56. The number of rotatable bonds is 8. The Morgan fingerprint density at radius 3 is 2.52 bits per heavy atom. The van der Waals surface area contributed by atoms with Crippen molar-refractivity contribution >= 4 is 11.8 Å². The number of primary amides is 1. The van der Waals surface area contributed by atoms with Gasteiger partial charge in [0, 0.05) is 13.0 Å². The molecule has 21 heavy (non-hydrogen) atoms. The van der Waals surface area contributed by atoms with Gasteiger partial charge in [0.15, 0.2) is 11.5 Å². The van der Waals surface area contributed by atoms with Gasteiger partial charge in [0.05, 0.1) is 6.04 Å². The van der Waals surface area contributed by atoms with E-state index >= 15 is 0 Å². The Bertz CT molecular complexity index is 505. The van der Waals surface area contributed by atoms with Gasteiger partial charge in [-0.3, -0.25) is 9.59 Å². The van der Waals surface area contributed by atoms with Crippen molar-refractivity contribution < 1.29 is 19.8 Å². The van der Waals surface area contributed by atoms with Gasteiger partial charge in [0.25, 0.3) is 0 Å². The van der Waals surface area contributed by atoms with E-state index < -0.39 is 6.04 Å². The highest BCUT2D eigenvalue weighted by Crippen LogP contribution is 2.25. The molecular formula is C14H21N3O4. The maximum Gasteiger partial charge on any atom is 0.237 e. The predicted octanol–water partition coefficient (Wildman–Crippen LogP) is -0.261. The summed E-state index contributed by atoms with van der Waals surface area (Å²) in [5, 5.41) is 21.2. The third-order valence-electron chi connectivity index (χ3n) is 2.98. The molecule has 0 heterocycles. The monoisotopic (exact) mass is 295 g/mol. The third kappa shape index (κ3) is 6.13. The number of hydrogen-bond donors (Lipinski definition) is 5. The number of amides is 2. The molecule has 0 radical (unpaired) electrons. The van der Waals surface area contributed by atoms with Crippen molar-refractivity contribution in [2.75, 3.05) is 6.54 Å². The van der Waals surface area contributed by atoms with E-state index in [0.29, 0.717) is 31.4 Å². The van der Waals surface area contributed by atoms with E-state index in [0.717, 1.165) is 0 Å². The SMILES string of the molecule is NC(=O)CCCCNC(=O)[C@@H](N)Cc1ccc(O)c(O)c1. The van der Waals surface area contributed by atoms with Crippen LogP contribution in [0.25, 0.3) is 0 Å². The molecule has 0 spiro atoms. The van der Waals surface area contributed by atoms with Crippen LogP contribution in [0.4, 0.5) is 0 Å². The fourth-order valence-electron chi connectivity index (χ4n) is 1.81. The molecule has 0 aliphatic heterocycles. The summed E-state index contributed by atoms with van der Waals surface area (Å²) >= 11 is 0. The molecule has 116 valence electrons. The molecule has 2 amide bonds. The summed E-state index contributed by atoms with van der Waals surface area (Å²) in [6.45, 7) is 0.431. The van der Waals surface area contributed by atoms with E-state index in [1.165, 1.54) is 12.1 Å². The molecule has 0 aliphatic carbocycles. The van der Waals surface area contributed by atoms with Crippen LogP contribution in [-0.4, -0.2) is 34.6 Å². The van der Waals surface area contributed by atoms with E-state index in [9.17, 15) is 19.8 Å². The Morgan fingerprint density at radius 2 is 1.90 bits per heavy atom. The number of aromatic hydroxyl groups is 2. The zero-order valence-corrected chi connectivity index (χ0v) is 11.7. The molecule has 0 aromatic heterocycles. The van der Waals surface area contributed by atoms with Gasteiger partial charge >= 0.3 is 0 Å². The van der Waals surface area contributed by atoms with E-state index in [-0.39, 0.29) is 29.7 Å². The Morgan fingerprint density at radius 1 is 1.19 bits per heavy atom. The molecule has 0 bridgehead atoms. The largest absolute Gasteiger partial charge is 0.504 e. The quantitative estimate of drug-likeness (QED) is 0.332. The van der Waals surface area contributed by atoms with Crippen LogP contribution < -0.4 is 16.8 Å². The number of phenols is 2. The molecule has 0 aliphatic rings. The first-order chi connectivity index (χ1) is 9.90. The van der Waals surface area contributed by atoms with Crippen molar-refractivity contribution in [3.05, 3.63) is 23.8 Å². The molecule has 0 unspecified atom stereocenters. The molecule has 7 heteroatoms. The van der Waals surface area contributed by atoms with Crippen molar-refractivity contribution in [3.8, 4) is 11.5 Å². The topological polar surface area (TPSA) is 139 Å². The minimum Gasteiger partial charge on any atom is -0.504 e. The summed E-state index contributed by atoms with van der Waals surface area (Å²) < 4.78 is 0. The van der Waals surface area contributed by atoms with E-state index in [4.69, 9.17) is 11.5 Å². The molecule has 1 rings (SSSR count). The van der Waals surface area contributed by atoms with Gasteiger partial charge in [0.2, 0.25) is 11.8 Å². The Labute approximate surface area is 122 Å². The lowest BCUT2D eigenvalue weighted by Gasteiger charge is -2.12. The van der Waals surface area contributed by atoms with Crippen LogP contribution in [0, 0.1) is 0 Å². The van der Waals surface area contributed by atoms with Crippen LogP contribution in [-0.2, 0) is 16.0 Å². The van der Waals surface area contributed by atoms with Gasteiger partial charge in [-0.25, -0.2) is 0 Å². The van der Waals surface area contributed by atoms with E-state index in [1.807, 2.05) is 0 Å². The van der Waals surface area contributed by atoms with Crippen LogP contribution >= 0.6 is 0 Å². The minimum atomic E-state index is -0.745. The van der Waals surface area contributed by atoms with Crippen molar-refractivity contribution in [2.45, 2.75) is 31.7 Å². The smallest absolute Gasteiger partial charge is 0.237 e. The fraction of sp³-hybridized carbons (Fsp3) is 0.429. The van der Waals surface area contributed by atoms with Crippen LogP contribution in [0.3, 0.4) is 0 Å². The second-order valence-corrected chi connectivity index (χ2v) is 4.85. The zero-order valence-electron chi connectivity index (χ0n) is 11.7. The van der Waals surface area contributed by atoms with Gasteiger partial charge in [-0.05, 0) is 37.0 Å². The molecule has 1 atom stereocenters. The summed E-state index contributed by atoms with van der Waals surface area (Å²) in [5.74, 6) is -1.12. The molecule has 7 nitrogen and oxygen atoms in total. The van der Waals surface area contributed by atoms with Gasteiger partial charge < -0.3 is 27.0 Å². The summed E-state index contributed by atoms with van der Waals surface area (Å²) in [6.07, 6.45) is 1.83. The van der Waals surface area contributed by atoms with Crippen LogP contribution in [0.1, 0.15) is 24.8 Å². The summed E-state index contributed by atoms with van der Waals surface area (Å²) in [5.41, 5.74) is 11.4. The number of carbonyl (C=O) groups excluding carboxylic acids is 2. The lowest BCUT2D eigenvalue weighted by atomic mass is 10.1. The number of carbonyl (C=O) groups is 2. The number of nitrogens with one attached hydrogen (secondary N) is 1. The maximum atomic E-state index is 11.8. The summed E-state index contributed by atoms with van der Waals surface area (Å²) in [7, 11) is 0. The normalized spacial score (nSPS) is 11.9. The van der Waals surface area contributed by atoms with Crippen LogP contribution in [0.15, 0.2) is 18.2 Å². The standard InChI is InChI=1S/C14H21N3O4/c15-10(7-9-4-5-11(18)12(19)8-9)14(21)17-6-2-1-3-13(16)20/h4-5,8,10,18-19H,1-3,6-7,15H2,(H2,16,20)(H,17,21)/t10-/m0/s1. The maximum absolute atomic E-state index is 11.8. The fourth-order valence-corrected chi connectivity index (χ4v) is 1.81. The molecular weight excluding hydrogens is 274 g/mol. The van der Waals surface area contributed by atoms with Crippen molar-refractivity contribution in [1.29, 1.82) is 0 Å². The predicted molar refractivity (Wildman–Crippen MR) is 77.5 cm³/mol. The third-order valence-corrected chi connectivity index (χ3v) is 2.98. The lowest BCUT2D eigenvalue weighted by Crippen LogP contribution is -2.42. The van der Waals surface area contributed by atoms with Crippen molar-refractivity contribution in [2.24, 2.45) is 11.5 Å². The molecule has 0 saturated carbocycles. The molecule has 1 aromatic carbocycles. The van der Waals surface area contributed by atoms with Gasteiger partial charge in [-0.15, -0.1) is 0 Å². The highest BCUT2D eigenvalue weighted by Gasteiger charge is 2.14. The summed E-state index contributed by atoms with van der Waals surface area (Å²) in [4.78, 5) is 22.3. The van der Waals surface area contributed by atoms with Gasteiger partial charge in [0.1, 0.15) is 0 Å². The first kappa shape index (κ1) is 16.8. The van der Waals surface area contributed by atoms with Crippen LogP contribution in [0.2, 0.25) is 0 Å².